The van der Waals surface area contributed by atoms with E-state index < -0.39 is 11.8 Å². The summed E-state index contributed by atoms with van der Waals surface area (Å²) in [4.78, 5) is 42.4. The third kappa shape index (κ3) is 4.48. The summed E-state index contributed by atoms with van der Waals surface area (Å²) in [6, 6.07) is 3.54. The molecule has 0 atom stereocenters. The van der Waals surface area contributed by atoms with Gasteiger partial charge in [-0.3, -0.25) is 14.4 Å². The molecule has 0 spiro atoms. The number of amides is 3. The maximum absolute atomic E-state index is 12.8. The molecule has 162 valence electrons. The van der Waals surface area contributed by atoms with Gasteiger partial charge in [-0.05, 0) is 30.5 Å². The van der Waals surface area contributed by atoms with E-state index in [9.17, 15) is 14.4 Å². The lowest BCUT2D eigenvalue weighted by Gasteiger charge is -2.35. The molecule has 3 heterocycles. The van der Waals surface area contributed by atoms with Gasteiger partial charge in [-0.1, -0.05) is 11.6 Å². The van der Waals surface area contributed by atoms with Crippen LogP contribution in [0.25, 0.3) is 0 Å². The molecule has 30 heavy (non-hydrogen) atoms. The van der Waals surface area contributed by atoms with Gasteiger partial charge in [0.05, 0.1) is 24.7 Å². The molecule has 4 rings (SSSR count). The highest BCUT2D eigenvalue weighted by Crippen LogP contribution is 2.38. The average molecular weight is 436 g/mol. The number of rotatable bonds is 2. The number of hydrogen-bond acceptors (Lipinski definition) is 5. The van der Waals surface area contributed by atoms with Crippen molar-refractivity contribution in [3.63, 3.8) is 0 Å². The molecule has 0 unspecified atom stereocenters. The summed E-state index contributed by atoms with van der Waals surface area (Å²) in [5, 5.41) is 0.438. The van der Waals surface area contributed by atoms with Gasteiger partial charge in [0, 0.05) is 45.7 Å². The number of carbonyl (C=O) groups is 3. The van der Waals surface area contributed by atoms with Gasteiger partial charge in [0.25, 0.3) is 0 Å². The molecule has 3 aliphatic heterocycles. The molecular formula is C21H26ClN3O5. The lowest BCUT2D eigenvalue weighted by Crippen LogP contribution is -2.54. The van der Waals surface area contributed by atoms with Crippen LogP contribution in [0.4, 0.5) is 0 Å². The molecular weight excluding hydrogens is 410 g/mol. The molecule has 0 radical (unpaired) electrons. The van der Waals surface area contributed by atoms with Crippen molar-refractivity contribution >= 4 is 29.3 Å². The first kappa shape index (κ1) is 20.8. The Balaban J connectivity index is 1.32. The van der Waals surface area contributed by atoms with Crippen LogP contribution in [0.5, 0.6) is 11.5 Å². The molecule has 2 fully saturated rings. The van der Waals surface area contributed by atoms with E-state index in [1.54, 1.807) is 26.8 Å². The zero-order chi connectivity index (χ0) is 21.1. The van der Waals surface area contributed by atoms with Crippen LogP contribution in [0.15, 0.2) is 12.1 Å². The Morgan fingerprint density at radius 1 is 0.800 bits per heavy atom. The first-order chi connectivity index (χ1) is 14.5. The maximum atomic E-state index is 12.8. The van der Waals surface area contributed by atoms with Gasteiger partial charge in [0.2, 0.25) is 5.91 Å². The third-order valence-corrected chi connectivity index (χ3v) is 5.99. The minimum absolute atomic E-state index is 0.0430. The largest absolute Gasteiger partial charge is 0.489 e. The standard InChI is InChI=1S/C21H26ClN3O5/c22-16-12-15(13-17-19(16)30-11-3-10-29-17)14-18(26)23-6-8-25(9-7-23)21(28)20(27)24-4-1-2-5-24/h12-13H,1-11,14H2. The normalized spacial score (nSPS) is 18.9. The number of halogens is 1. The van der Waals surface area contributed by atoms with E-state index in [0.29, 0.717) is 69.0 Å². The molecule has 3 amide bonds. The molecule has 3 aliphatic rings. The molecule has 0 N–H and O–H groups in total. The third-order valence-electron chi connectivity index (χ3n) is 5.71. The van der Waals surface area contributed by atoms with Gasteiger partial charge in [-0.15, -0.1) is 0 Å². The summed E-state index contributed by atoms with van der Waals surface area (Å²) in [5.41, 5.74) is 0.761. The van der Waals surface area contributed by atoms with Crippen molar-refractivity contribution in [3.8, 4) is 11.5 Å². The second-order valence-electron chi connectivity index (χ2n) is 7.80. The van der Waals surface area contributed by atoms with Crippen molar-refractivity contribution in [2.24, 2.45) is 0 Å². The fourth-order valence-electron chi connectivity index (χ4n) is 4.02. The van der Waals surface area contributed by atoms with E-state index in [4.69, 9.17) is 21.1 Å². The summed E-state index contributed by atoms with van der Waals surface area (Å²) in [5.74, 6) is 0.171. The monoisotopic (exact) mass is 435 g/mol. The van der Waals surface area contributed by atoms with Gasteiger partial charge in [-0.25, -0.2) is 0 Å². The topological polar surface area (TPSA) is 79.4 Å². The van der Waals surface area contributed by atoms with Crippen molar-refractivity contribution in [1.29, 1.82) is 0 Å². The number of ether oxygens (including phenoxy) is 2. The summed E-state index contributed by atoms with van der Waals surface area (Å²) in [6.07, 6.45) is 2.87. The van der Waals surface area contributed by atoms with Crippen LogP contribution in [0, 0.1) is 0 Å². The number of nitrogens with zero attached hydrogens (tertiary/aromatic N) is 3. The van der Waals surface area contributed by atoms with Crippen LogP contribution in [-0.4, -0.2) is 84.9 Å². The number of piperazine rings is 1. The molecule has 0 bridgehead atoms. The molecule has 8 nitrogen and oxygen atoms in total. The Morgan fingerprint density at radius 3 is 2.10 bits per heavy atom. The van der Waals surface area contributed by atoms with E-state index in [1.165, 1.54) is 0 Å². The zero-order valence-corrected chi connectivity index (χ0v) is 17.7. The summed E-state index contributed by atoms with van der Waals surface area (Å²) in [6.45, 7) is 3.97. The van der Waals surface area contributed by atoms with Crippen LogP contribution in [0.2, 0.25) is 5.02 Å². The highest BCUT2D eigenvalue weighted by atomic mass is 35.5. The first-order valence-electron chi connectivity index (χ1n) is 10.5. The van der Waals surface area contributed by atoms with Gasteiger partial charge in [0.15, 0.2) is 11.5 Å². The molecule has 2 saturated heterocycles. The van der Waals surface area contributed by atoms with E-state index in [2.05, 4.69) is 0 Å². The van der Waals surface area contributed by atoms with Crippen molar-refractivity contribution in [1.82, 2.24) is 14.7 Å². The quantitative estimate of drug-likeness (QED) is 0.655. The van der Waals surface area contributed by atoms with Crippen molar-refractivity contribution < 1.29 is 23.9 Å². The summed E-state index contributed by atoms with van der Waals surface area (Å²) < 4.78 is 11.3. The van der Waals surface area contributed by atoms with Gasteiger partial charge < -0.3 is 24.2 Å². The lowest BCUT2D eigenvalue weighted by atomic mass is 10.1. The summed E-state index contributed by atoms with van der Waals surface area (Å²) >= 11 is 6.32. The Morgan fingerprint density at radius 2 is 1.40 bits per heavy atom. The van der Waals surface area contributed by atoms with Crippen LogP contribution in [0.1, 0.15) is 24.8 Å². The molecule has 1 aromatic rings. The fraction of sp³-hybridized carbons (Fsp3) is 0.571. The van der Waals surface area contributed by atoms with Gasteiger partial charge in [0.1, 0.15) is 0 Å². The number of likely N-dealkylation sites (tertiary alicyclic amines) is 1. The van der Waals surface area contributed by atoms with Crippen LogP contribution >= 0.6 is 11.6 Å². The van der Waals surface area contributed by atoms with E-state index in [-0.39, 0.29) is 12.3 Å². The van der Waals surface area contributed by atoms with E-state index >= 15 is 0 Å². The fourth-order valence-corrected chi connectivity index (χ4v) is 4.31. The Bertz CT molecular complexity index is 832. The second-order valence-corrected chi connectivity index (χ2v) is 8.21. The van der Waals surface area contributed by atoms with E-state index in [0.717, 1.165) is 24.8 Å². The predicted octanol–water partition coefficient (Wildman–Crippen LogP) is 1.34. The molecule has 9 heteroatoms. The lowest BCUT2D eigenvalue weighted by molar-refractivity contribution is -0.153. The minimum Gasteiger partial charge on any atom is -0.489 e. The van der Waals surface area contributed by atoms with Crippen LogP contribution in [-0.2, 0) is 20.8 Å². The molecule has 1 aromatic carbocycles. The highest BCUT2D eigenvalue weighted by molar-refractivity contribution is 6.35. The smallest absolute Gasteiger partial charge is 0.312 e. The number of benzene rings is 1. The Labute approximate surface area is 180 Å². The minimum atomic E-state index is -0.460. The highest BCUT2D eigenvalue weighted by Gasteiger charge is 2.31. The van der Waals surface area contributed by atoms with Crippen LogP contribution < -0.4 is 9.47 Å². The Kier molecular flexibility index (Phi) is 6.32. The van der Waals surface area contributed by atoms with Crippen molar-refractivity contribution in [3.05, 3.63) is 22.7 Å². The van der Waals surface area contributed by atoms with Crippen LogP contribution in [0.3, 0.4) is 0 Å². The maximum Gasteiger partial charge on any atom is 0.312 e. The van der Waals surface area contributed by atoms with E-state index in [1.807, 2.05) is 0 Å². The molecule has 0 aromatic heterocycles. The van der Waals surface area contributed by atoms with Crippen molar-refractivity contribution in [2.45, 2.75) is 25.7 Å². The first-order valence-corrected chi connectivity index (χ1v) is 10.8. The van der Waals surface area contributed by atoms with Crippen molar-refractivity contribution in [2.75, 3.05) is 52.5 Å². The van der Waals surface area contributed by atoms with Gasteiger partial charge in [-0.2, -0.15) is 0 Å². The SMILES string of the molecule is O=C(Cc1cc(Cl)c2c(c1)OCCCO2)N1CCN(C(=O)C(=O)N2CCCC2)CC1. The van der Waals surface area contributed by atoms with Gasteiger partial charge >= 0.3 is 11.8 Å². The Hall–Kier alpha value is -2.48. The molecule has 0 aliphatic carbocycles. The number of carbonyl (C=O) groups excluding carboxylic acids is 3. The molecule has 0 saturated carbocycles. The number of hydrogen-bond donors (Lipinski definition) is 0. The average Bonchev–Trinajstić information content (AvgIpc) is 3.18. The summed E-state index contributed by atoms with van der Waals surface area (Å²) in [7, 11) is 0. The zero-order valence-electron chi connectivity index (χ0n) is 16.9. The number of fused-ring (bicyclic) bond motifs is 1. The second kappa shape index (κ2) is 9.12. The predicted molar refractivity (Wildman–Crippen MR) is 110 cm³/mol.